The van der Waals surface area contributed by atoms with Gasteiger partial charge in [0.05, 0.1) is 15.9 Å². The molecule has 8 nitrogen and oxygen atoms in total. The summed E-state index contributed by atoms with van der Waals surface area (Å²) in [5.41, 5.74) is 4.85. The van der Waals surface area contributed by atoms with Crippen molar-refractivity contribution in [3.63, 3.8) is 0 Å². The van der Waals surface area contributed by atoms with Crippen molar-refractivity contribution in [2.45, 2.75) is 25.0 Å². The van der Waals surface area contributed by atoms with Gasteiger partial charge in [0.1, 0.15) is 6.10 Å². The molecule has 1 saturated carbocycles. The molecule has 1 aromatic rings. The first-order chi connectivity index (χ1) is 8.47. The molecule has 0 amide bonds. The number of ether oxygens (including phenoxy) is 1. The standard InChI is InChI=1S/C10H11N3O5/c11-6-3-8(4-6)18-10-2-1-7(12(14)15)5-9(10)13(16)17/h1-2,5-6,8H,3-4,11H2. The zero-order chi connectivity index (χ0) is 13.3. The second-order valence-electron chi connectivity index (χ2n) is 4.14. The maximum atomic E-state index is 10.8. The summed E-state index contributed by atoms with van der Waals surface area (Å²) in [6.07, 6.45) is 1.11. The smallest absolute Gasteiger partial charge is 0.317 e. The van der Waals surface area contributed by atoms with Crippen molar-refractivity contribution in [2.24, 2.45) is 5.73 Å². The third kappa shape index (κ3) is 2.38. The molecule has 18 heavy (non-hydrogen) atoms. The van der Waals surface area contributed by atoms with Gasteiger partial charge in [-0.05, 0) is 18.9 Å². The fourth-order valence-electron chi connectivity index (χ4n) is 1.74. The Morgan fingerprint density at radius 1 is 1.22 bits per heavy atom. The van der Waals surface area contributed by atoms with E-state index in [4.69, 9.17) is 10.5 Å². The Labute approximate surface area is 102 Å². The zero-order valence-electron chi connectivity index (χ0n) is 9.31. The largest absolute Gasteiger partial charge is 0.483 e. The lowest BCUT2D eigenvalue weighted by Gasteiger charge is -2.32. The summed E-state index contributed by atoms with van der Waals surface area (Å²) in [5, 5.41) is 21.4. The molecule has 96 valence electrons. The van der Waals surface area contributed by atoms with Gasteiger partial charge < -0.3 is 10.5 Å². The van der Waals surface area contributed by atoms with E-state index in [1.807, 2.05) is 0 Å². The number of nitrogens with zero attached hydrogens (tertiary/aromatic N) is 2. The van der Waals surface area contributed by atoms with Gasteiger partial charge in [-0.15, -0.1) is 0 Å². The summed E-state index contributed by atoms with van der Waals surface area (Å²) in [6.45, 7) is 0. The average molecular weight is 253 g/mol. The van der Waals surface area contributed by atoms with Crippen molar-refractivity contribution >= 4 is 11.4 Å². The van der Waals surface area contributed by atoms with E-state index in [9.17, 15) is 20.2 Å². The van der Waals surface area contributed by atoms with Gasteiger partial charge in [-0.25, -0.2) is 0 Å². The lowest BCUT2D eigenvalue weighted by molar-refractivity contribution is -0.394. The van der Waals surface area contributed by atoms with Crippen molar-refractivity contribution in [3.8, 4) is 5.75 Å². The molecule has 0 bridgehead atoms. The third-order valence-corrected chi connectivity index (χ3v) is 2.77. The molecule has 1 aliphatic carbocycles. The van der Waals surface area contributed by atoms with Crippen molar-refractivity contribution < 1.29 is 14.6 Å². The predicted molar refractivity (Wildman–Crippen MR) is 61.4 cm³/mol. The summed E-state index contributed by atoms with van der Waals surface area (Å²) in [4.78, 5) is 20.0. The second kappa shape index (κ2) is 4.57. The van der Waals surface area contributed by atoms with Crippen LogP contribution >= 0.6 is 0 Å². The van der Waals surface area contributed by atoms with Gasteiger partial charge in [0.25, 0.3) is 5.69 Å². The zero-order valence-corrected chi connectivity index (χ0v) is 9.31. The molecule has 0 atom stereocenters. The first-order valence-electron chi connectivity index (χ1n) is 5.32. The molecule has 0 aromatic heterocycles. The number of hydrogen-bond acceptors (Lipinski definition) is 6. The Morgan fingerprint density at radius 2 is 1.89 bits per heavy atom. The minimum absolute atomic E-state index is 0.0440. The van der Waals surface area contributed by atoms with Crippen LogP contribution in [-0.2, 0) is 0 Å². The Kier molecular flexibility index (Phi) is 3.11. The molecule has 1 aliphatic rings. The number of nitrogens with two attached hydrogens (primary N) is 1. The van der Waals surface area contributed by atoms with E-state index in [1.165, 1.54) is 12.1 Å². The molecule has 1 aromatic carbocycles. The van der Waals surface area contributed by atoms with Crippen LogP contribution in [0, 0.1) is 20.2 Å². The fraction of sp³-hybridized carbons (Fsp3) is 0.400. The van der Waals surface area contributed by atoms with Gasteiger partial charge in [-0.3, -0.25) is 20.2 Å². The second-order valence-corrected chi connectivity index (χ2v) is 4.14. The molecular weight excluding hydrogens is 242 g/mol. The highest BCUT2D eigenvalue weighted by Gasteiger charge is 2.30. The summed E-state index contributed by atoms with van der Waals surface area (Å²) in [7, 11) is 0. The summed E-state index contributed by atoms with van der Waals surface area (Å²) < 4.78 is 5.40. The van der Waals surface area contributed by atoms with Crippen LogP contribution in [0.15, 0.2) is 18.2 Å². The lowest BCUT2D eigenvalue weighted by Crippen LogP contribution is -2.43. The van der Waals surface area contributed by atoms with Crippen molar-refractivity contribution in [1.29, 1.82) is 0 Å². The van der Waals surface area contributed by atoms with Crippen molar-refractivity contribution in [1.82, 2.24) is 0 Å². The monoisotopic (exact) mass is 253 g/mol. The Balaban J connectivity index is 2.23. The quantitative estimate of drug-likeness (QED) is 0.638. The summed E-state index contributed by atoms with van der Waals surface area (Å²) in [5.74, 6) is 0.0440. The molecule has 0 spiro atoms. The predicted octanol–water partition coefficient (Wildman–Crippen LogP) is 1.37. The van der Waals surface area contributed by atoms with Gasteiger partial charge in [-0.2, -0.15) is 0 Å². The number of nitro groups is 2. The first-order valence-corrected chi connectivity index (χ1v) is 5.32. The topological polar surface area (TPSA) is 122 Å². The van der Waals surface area contributed by atoms with Crippen LogP contribution in [0.4, 0.5) is 11.4 Å². The Morgan fingerprint density at radius 3 is 2.39 bits per heavy atom. The van der Waals surface area contributed by atoms with Gasteiger partial charge in [0.2, 0.25) is 0 Å². The molecule has 0 radical (unpaired) electrons. The summed E-state index contributed by atoms with van der Waals surface area (Å²) in [6, 6.07) is 3.39. The van der Waals surface area contributed by atoms with Gasteiger partial charge in [0, 0.05) is 12.1 Å². The number of benzene rings is 1. The normalized spacial score (nSPS) is 22.1. The Bertz CT molecular complexity index is 498. The highest BCUT2D eigenvalue weighted by Crippen LogP contribution is 2.34. The molecule has 8 heteroatoms. The first kappa shape index (κ1) is 12.2. The van der Waals surface area contributed by atoms with Crippen LogP contribution in [0.5, 0.6) is 5.75 Å². The maximum Gasteiger partial charge on any atom is 0.317 e. The van der Waals surface area contributed by atoms with Crippen LogP contribution in [0.25, 0.3) is 0 Å². The Hall–Kier alpha value is -2.22. The maximum absolute atomic E-state index is 10.8. The number of nitro benzene ring substituents is 2. The van der Waals surface area contributed by atoms with E-state index >= 15 is 0 Å². The van der Waals surface area contributed by atoms with Crippen LogP contribution in [0.3, 0.4) is 0 Å². The van der Waals surface area contributed by atoms with Crippen molar-refractivity contribution in [2.75, 3.05) is 0 Å². The fourth-order valence-corrected chi connectivity index (χ4v) is 1.74. The molecular formula is C10H11N3O5. The molecule has 2 N–H and O–H groups in total. The van der Waals surface area contributed by atoms with Crippen LogP contribution in [0.1, 0.15) is 12.8 Å². The van der Waals surface area contributed by atoms with Crippen LogP contribution in [0.2, 0.25) is 0 Å². The van der Waals surface area contributed by atoms with E-state index in [1.54, 1.807) is 0 Å². The molecule has 0 heterocycles. The number of non-ortho nitro benzene ring substituents is 1. The molecule has 1 fully saturated rings. The average Bonchev–Trinajstić information content (AvgIpc) is 2.26. The van der Waals surface area contributed by atoms with E-state index in [2.05, 4.69) is 0 Å². The van der Waals surface area contributed by atoms with Crippen LogP contribution in [-0.4, -0.2) is 22.0 Å². The van der Waals surface area contributed by atoms with E-state index < -0.39 is 15.5 Å². The highest BCUT2D eigenvalue weighted by atomic mass is 16.6. The van der Waals surface area contributed by atoms with Gasteiger partial charge in [-0.1, -0.05) is 0 Å². The van der Waals surface area contributed by atoms with E-state index in [-0.39, 0.29) is 23.6 Å². The van der Waals surface area contributed by atoms with E-state index in [0.29, 0.717) is 12.8 Å². The minimum atomic E-state index is -0.694. The number of hydrogen-bond donors (Lipinski definition) is 1. The minimum Gasteiger partial charge on any atom is -0.483 e. The lowest BCUT2D eigenvalue weighted by atomic mass is 9.90. The van der Waals surface area contributed by atoms with Gasteiger partial charge >= 0.3 is 5.69 Å². The molecule has 0 saturated heterocycles. The third-order valence-electron chi connectivity index (χ3n) is 2.77. The molecule has 0 unspecified atom stereocenters. The van der Waals surface area contributed by atoms with E-state index in [0.717, 1.165) is 6.07 Å². The van der Waals surface area contributed by atoms with Crippen molar-refractivity contribution in [3.05, 3.63) is 38.4 Å². The van der Waals surface area contributed by atoms with Gasteiger partial charge in [0.15, 0.2) is 5.75 Å². The molecule has 2 rings (SSSR count). The molecule has 0 aliphatic heterocycles. The number of rotatable bonds is 4. The van der Waals surface area contributed by atoms with Crippen LogP contribution < -0.4 is 10.5 Å². The highest BCUT2D eigenvalue weighted by molar-refractivity contribution is 5.53. The summed E-state index contributed by atoms with van der Waals surface area (Å²) >= 11 is 0. The SMILES string of the molecule is NC1CC(Oc2ccc([N+](=O)[O-])cc2[N+](=O)[O-])C1.